The minimum Gasteiger partial charge on any atom is -0.351 e. The van der Waals surface area contributed by atoms with Gasteiger partial charge in [-0.2, -0.15) is 0 Å². The summed E-state index contributed by atoms with van der Waals surface area (Å²) >= 11 is 0. The van der Waals surface area contributed by atoms with Crippen molar-refractivity contribution in [2.24, 2.45) is 0 Å². The van der Waals surface area contributed by atoms with Crippen molar-refractivity contribution in [1.82, 2.24) is 4.90 Å². The van der Waals surface area contributed by atoms with E-state index in [0.717, 1.165) is 38.0 Å². The van der Waals surface area contributed by atoms with Gasteiger partial charge in [0.05, 0.1) is 11.3 Å². The van der Waals surface area contributed by atoms with Gasteiger partial charge in [0.25, 0.3) is 11.8 Å². The van der Waals surface area contributed by atoms with Crippen LogP contribution in [0.25, 0.3) is 0 Å². The maximum absolute atomic E-state index is 13.4. The normalized spacial score (nSPS) is 18.5. The number of fused-ring (bicyclic) bond motifs is 2. The summed E-state index contributed by atoms with van der Waals surface area (Å²) in [6, 6.07) is 9.71. The van der Waals surface area contributed by atoms with Gasteiger partial charge in [-0.25, -0.2) is 4.39 Å². The van der Waals surface area contributed by atoms with Gasteiger partial charge in [0.15, 0.2) is 0 Å². The Morgan fingerprint density at radius 3 is 2.79 bits per heavy atom. The average molecular weight is 381 g/mol. The lowest BCUT2D eigenvalue weighted by Gasteiger charge is -2.47. The summed E-state index contributed by atoms with van der Waals surface area (Å²) in [7, 11) is 0. The summed E-state index contributed by atoms with van der Waals surface area (Å²) in [6.07, 6.45) is 3.15. The third-order valence-corrected chi connectivity index (χ3v) is 5.65. The van der Waals surface area contributed by atoms with Crippen LogP contribution in [0, 0.1) is 12.7 Å². The number of rotatable bonds is 3. The molecule has 2 aromatic carbocycles. The Hall–Kier alpha value is -2.89. The highest BCUT2D eigenvalue weighted by atomic mass is 19.1. The Morgan fingerprint density at radius 2 is 2.04 bits per heavy atom. The number of hydrogen-bond acceptors (Lipinski definition) is 3. The van der Waals surface area contributed by atoms with E-state index in [-0.39, 0.29) is 23.8 Å². The highest BCUT2D eigenvalue weighted by Gasteiger charge is 2.38. The van der Waals surface area contributed by atoms with Crippen LogP contribution in [0.4, 0.5) is 15.8 Å². The van der Waals surface area contributed by atoms with Crippen molar-refractivity contribution in [3.05, 3.63) is 58.9 Å². The van der Waals surface area contributed by atoms with Crippen LogP contribution in [-0.2, 0) is 0 Å². The van der Waals surface area contributed by atoms with E-state index < -0.39 is 0 Å². The predicted molar refractivity (Wildman–Crippen MR) is 107 cm³/mol. The zero-order valence-electron chi connectivity index (χ0n) is 16.2. The Bertz CT molecular complexity index is 943. The lowest BCUT2D eigenvalue weighted by atomic mass is 9.97. The molecule has 146 valence electrons. The molecule has 0 bridgehead atoms. The first-order valence-electron chi connectivity index (χ1n) is 9.78. The van der Waals surface area contributed by atoms with E-state index in [1.54, 1.807) is 37.3 Å². The van der Waals surface area contributed by atoms with Gasteiger partial charge in [0, 0.05) is 24.3 Å². The molecule has 1 N–H and O–H groups in total. The maximum Gasteiger partial charge on any atom is 0.257 e. The number of carbonyl (C=O) groups excluding carboxylic acids is 2. The second kappa shape index (κ2) is 7.26. The molecule has 5 nitrogen and oxygen atoms in total. The first-order valence-corrected chi connectivity index (χ1v) is 9.78. The number of nitrogens with zero attached hydrogens (tertiary/aromatic N) is 2. The van der Waals surface area contributed by atoms with E-state index in [1.165, 1.54) is 6.07 Å². The number of amides is 2. The third-order valence-electron chi connectivity index (χ3n) is 5.65. The first kappa shape index (κ1) is 18.5. The molecule has 2 heterocycles. The summed E-state index contributed by atoms with van der Waals surface area (Å²) in [5.41, 5.74) is 2.97. The van der Waals surface area contributed by atoms with Crippen molar-refractivity contribution in [3.8, 4) is 0 Å². The molecule has 0 radical (unpaired) electrons. The molecule has 1 fully saturated rings. The lowest BCUT2D eigenvalue weighted by molar-refractivity contribution is 0.0582. The largest absolute Gasteiger partial charge is 0.351 e. The zero-order chi connectivity index (χ0) is 19.8. The fourth-order valence-electron chi connectivity index (χ4n) is 4.19. The van der Waals surface area contributed by atoms with Gasteiger partial charge >= 0.3 is 0 Å². The molecular formula is C22H24FN3O2. The summed E-state index contributed by atoms with van der Waals surface area (Å²) in [4.78, 5) is 29.8. The number of anilines is 2. The first-order chi connectivity index (χ1) is 13.5. The monoisotopic (exact) mass is 381 g/mol. The standard InChI is InChI=1S/C22H24FN3O2/c1-3-25-19-13-15(21(27)24-16-8-10-18(23)14(2)12-16)7-9-17(19)22(28)26-11-5-4-6-20(25)26/h7-10,12-13,20H,3-6,11H2,1-2H3,(H,24,27). The number of benzene rings is 2. The van der Waals surface area contributed by atoms with Crippen molar-refractivity contribution >= 4 is 23.2 Å². The topological polar surface area (TPSA) is 52.7 Å². The fourth-order valence-corrected chi connectivity index (χ4v) is 4.19. The van der Waals surface area contributed by atoms with Crippen LogP contribution in [0.3, 0.4) is 0 Å². The van der Waals surface area contributed by atoms with Crippen molar-refractivity contribution < 1.29 is 14.0 Å². The molecule has 0 aromatic heterocycles. The van der Waals surface area contributed by atoms with Crippen LogP contribution in [0.15, 0.2) is 36.4 Å². The number of aryl methyl sites for hydroxylation is 1. The van der Waals surface area contributed by atoms with Crippen molar-refractivity contribution in [2.45, 2.75) is 39.3 Å². The van der Waals surface area contributed by atoms with Crippen molar-refractivity contribution in [3.63, 3.8) is 0 Å². The van der Waals surface area contributed by atoms with Gasteiger partial charge < -0.3 is 15.1 Å². The van der Waals surface area contributed by atoms with Gasteiger partial charge in [-0.05, 0) is 75.1 Å². The van der Waals surface area contributed by atoms with E-state index in [1.807, 2.05) is 4.90 Å². The summed E-state index contributed by atoms with van der Waals surface area (Å²) in [6.45, 7) is 5.28. The molecule has 1 atom stereocenters. The van der Waals surface area contributed by atoms with Gasteiger partial charge in [-0.1, -0.05) is 0 Å². The second-order valence-corrected chi connectivity index (χ2v) is 7.41. The Labute approximate surface area is 164 Å². The van der Waals surface area contributed by atoms with Gasteiger partial charge in [0.2, 0.25) is 0 Å². The van der Waals surface area contributed by atoms with Crippen LogP contribution in [-0.4, -0.2) is 36.0 Å². The molecule has 1 saturated heterocycles. The molecular weight excluding hydrogens is 357 g/mol. The summed E-state index contributed by atoms with van der Waals surface area (Å²) < 4.78 is 13.4. The van der Waals surface area contributed by atoms with Crippen LogP contribution in [0.2, 0.25) is 0 Å². The van der Waals surface area contributed by atoms with Crippen molar-refractivity contribution in [2.75, 3.05) is 23.3 Å². The van der Waals surface area contributed by atoms with Crippen LogP contribution >= 0.6 is 0 Å². The minimum absolute atomic E-state index is 0.0468. The molecule has 0 aliphatic carbocycles. The summed E-state index contributed by atoms with van der Waals surface area (Å²) in [5.74, 6) is -0.533. The molecule has 28 heavy (non-hydrogen) atoms. The van der Waals surface area contributed by atoms with E-state index in [9.17, 15) is 14.0 Å². The predicted octanol–water partition coefficient (Wildman–Crippen LogP) is 4.18. The molecule has 1 unspecified atom stereocenters. The molecule has 6 heteroatoms. The highest BCUT2D eigenvalue weighted by molar-refractivity contribution is 6.08. The van der Waals surface area contributed by atoms with Gasteiger partial charge in [0.1, 0.15) is 12.0 Å². The van der Waals surface area contributed by atoms with Crippen molar-refractivity contribution in [1.29, 1.82) is 0 Å². The van der Waals surface area contributed by atoms with Crippen LogP contribution in [0.5, 0.6) is 0 Å². The van der Waals surface area contributed by atoms with E-state index in [2.05, 4.69) is 17.1 Å². The van der Waals surface area contributed by atoms with Crippen LogP contribution < -0.4 is 10.2 Å². The molecule has 2 aliphatic heterocycles. The molecule has 2 aromatic rings. The molecule has 2 amide bonds. The van der Waals surface area contributed by atoms with E-state index in [4.69, 9.17) is 0 Å². The SMILES string of the molecule is CCN1c2cc(C(=O)Nc3ccc(F)c(C)c3)ccc2C(=O)N2CCCCC21. The Morgan fingerprint density at radius 1 is 1.21 bits per heavy atom. The lowest BCUT2D eigenvalue weighted by Crippen LogP contribution is -2.57. The minimum atomic E-state index is -0.305. The quantitative estimate of drug-likeness (QED) is 0.868. The number of piperidine rings is 1. The van der Waals surface area contributed by atoms with Gasteiger partial charge in [-0.3, -0.25) is 9.59 Å². The number of carbonyl (C=O) groups is 2. The van der Waals surface area contributed by atoms with E-state index in [0.29, 0.717) is 22.4 Å². The maximum atomic E-state index is 13.4. The Kier molecular flexibility index (Phi) is 4.79. The molecule has 0 saturated carbocycles. The molecule has 4 rings (SSSR count). The summed E-state index contributed by atoms with van der Waals surface area (Å²) in [5, 5.41) is 2.81. The highest BCUT2D eigenvalue weighted by Crippen LogP contribution is 2.35. The molecule has 0 spiro atoms. The number of hydrogen-bond donors (Lipinski definition) is 1. The third kappa shape index (κ3) is 3.13. The van der Waals surface area contributed by atoms with Gasteiger partial charge in [-0.15, -0.1) is 0 Å². The smallest absolute Gasteiger partial charge is 0.257 e. The number of halogens is 1. The zero-order valence-corrected chi connectivity index (χ0v) is 16.2. The average Bonchev–Trinajstić information content (AvgIpc) is 2.71. The second-order valence-electron chi connectivity index (χ2n) is 7.41. The molecule has 2 aliphatic rings. The Balaban J connectivity index is 1.65. The van der Waals surface area contributed by atoms with Crippen LogP contribution in [0.1, 0.15) is 52.5 Å². The number of nitrogens with one attached hydrogen (secondary N) is 1. The van der Waals surface area contributed by atoms with E-state index >= 15 is 0 Å². The fraction of sp³-hybridized carbons (Fsp3) is 0.364.